The maximum Gasteiger partial charge on any atom is 0.199 e. The normalized spacial score (nSPS) is 11.1. The van der Waals surface area contributed by atoms with Crippen molar-refractivity contribution < 1.29 is 14.2 Å². The Morgan fingerprint density at radius 2 is 1.84 bits per heavy atom. The quantitative estimate of drug-likeness (QED) is 0.370. The molecule has 0 spiro atoms. The zero-order chi connectivity index (χ0) is 22.1. The minimum atomic E-state index is -0.341. The van der Waals surface area contributed by atoms with Crippen LogP contribution in [0.4, 0.5) is 4.39 Å². The second-order valence-corrected chi connectivity index (χ2v) is 7.63. The molecule has 32 heavy (non-hydrogen) atoms. The molecular formula is C26H20FN3O2. The largest absolute Gasteiger partial charge is 0.494 e. The number of hydrogen-bond acceptors (Lipinski definition) is 4. The molecule has 158 valence electrons. The van der Waals surface area contributed by atoms with E-state index < -0.39 is 0 Å². The van der Waals surface area contributed by atoms with Crippen molar-refractivity contribution in [3.63, 3.8) is 0 Å². The van der Waals surface area contributed by atoms with Gasteiger partial charge < -0.3 is 14.4 Å². The van der Waals surface area contributed by atoms with Crippen molar-refractivity contribution in [2.24, 2.45) is 0 Å². The third-order valence-electron chi connectivity index (χ3n) is 5.32. The van der Waals surface area contributed by atoms with E-state index in [9.17, 15) is 9.50 Å². The van der Waals surface area contributed by atoms with Gasteiger partial charge in [0.2, 0.25) is 0 Å². The Morgan fingerprint density at radius 3 is 2.59 bits per heavy atom. The number of fused-ring (bicyclic) bond motifs is 1. The van der Waals surface area contributed by atoms with Crippen LogP contribution in [0.3, 0.4) is 0 Å². The summed E-state index contributed by atoms with van der Waals surface area (Å²) >= 11 is 0. The molecule has 5 aromatic rings. The lowest BCUT2D eigenvalue weighted by Crippen LogP contribution is -1.97. The molecule has 0 amide bonds. The van der Waals surface area contributed by atoms with Crippen LogP contribution in [-0.4, -0.2) is 19.6 Å². The summed E-state index contributed by atoms with van der Waals surface area (Å²) in [5, 5.41) is 12.6. The Balaban J connectivity index is 1.40. The summed E-state index contributed by atoms with van der Waals surface area (Å²) in [5.41, 5.74) is 3.72. The van der Waals surface area contributed by atoms with E-state index in [1.54, 1.807) is 30.7 Å². The van der Waals surface area contributed by atoms with Crippen molar-refractivity contribution in [1.29, 1.82) is 0 Å². The Labute approximate surface area is 184 Å². The maximum atomic E-state index is 13.3. The molecule has 0 fully saturated rings. The van der Waals surface area contributed by atoms with Crippen molar-refractivity contribution in [2.75, 3.05) is 0 Å². The van der Waals surface area contributed by atoms with Gasteiger partial charge in [0.1, 0.15) is 17.3 Å². The summed E-state index contributed by atoms with van der Waals surface area (Å²) in [5.74, 6) is 0.947. The highest BCUT2D eigenvalue weighted by atomic mass is 19.1. The minimum absolute atomic E-state index is 0.225. The van der Waals surface area contributed by atoms with E-state index >= 15 is 0 Å². The van der Waals surface area contributed by atoms with Gasteiger partial charge in [-0.15, -0.1) is 0 Å². The van der Waals surface area contributed by atoms with Gasteiger partial charge in [0.25, 0.3) is 0 Å². The fourth-order valence-corrected chi connectivity index (χ4v) is 3.84. The summed E-state index contributed by atoms with van der Waals surface area (Å²) in [6.07, 6.45) is 6.98. The van der Waals surface area contributed by atoms with Gasteiger partial charge in [-0.2, -0.15) is 0 Å². The summed E-state index contributed by atoms with van der Waals surface area (Å²) in [4.78, 5) is 8.51. The van der Waals surface area contributed by atoms with Crippen LogP contribution in [0.2, 0.25) is 0 Å². The van der Waals surface area contributed by atoms with E-state index in [2.05, 4.69) is 9.97 Å². The third-order valence-corrected chi connectivity index (χ3v) is 5.32. The van der Waals surface area contributed by atoms with E-state index in [0.717, 1.165) is 33.2 Å². The van der Waals surface area contributed by atoms with Gasteiger partial charge in [-0.1, -0.05) is 18.2 Å². The first-order valence-corrected chi connectivity index (χ1v) is 10.2. The fourth-order valence-electron chi connectivity index (χ4n) is 3.84. The van der Waals surface area contributed by atoms with E-state index in [-0.39, 0.29) is 11.7 Å². The van der Waals surface area contributed by atoms with Gasteiger partial charge in [0.15, 0.2) is 5.88 Å². The zero-order valence-corrected chi connectivity index (χ0v) is 17.4. The van der Waals surface area contributed by atoms with Crippen molar-refractivity contribution in [3.8, 4) is 28.6 Å². The first-order chi connectivity index (χ1) is 15.6. The molecule has 3 aromatic carbocycles. The second kappa shape index (κ2) is 8.15. The summed E-state index contributed by atoms with van der Waals surface area (Å²) in [7, 11) is 0. The minimum Gasteiger partial charge on any atom is -0.494 e. The number of ether oxygens (including phenoxy) is 1. The highest BCUT2D eigenvalue weighted by Crippen LogP contribution is 2.34. The molecule has 5 rings (SSSR count). The first-order valence-electron chi connectivity index (χ1n) is 10.2. The molecule has 6 heteroatoms. The predicted octanol–water partition coefficient (Wildman–Crippen LogP) is 6.09. The maximum absolute atomic E-state index is 13.3. The number of rotatable bonds is 5. The lowest BCUT2D eigenvalue weighted by Gasteiger charge is -2.08. The lowest BCUT2D eigenvalue weighted by molar-refractivity contribution is 0.430. The molecule has 0 aliphatic heterocycles. The van der Waals surface area contributed by atoms with Crippen LogP contribution in [0.1, 0.15) is 11.1 Å². The number of aryl methyl sites for hydroxylation is 1. The number of hydrogen-bond donors (Lipinski definition) is 1. The van der Waals surface area contributed by atoms with E-state index in [1.165, 1.54) is 12.1 Å². The predicted molar refractivity (Wildman–Crippen MR) is 121 cm³/mol. The van der Waals surface area contributed by atoms with E-state index in [0.29, 0.717) is 18.0 Å². The molecule has 5 nitrogen and oxygen atoms in total. The average molecular weight is 425 g/mol. The van der Waals surface area contributed by atoms with Crippen molar-refractivity contribution in [2.45, 2.75) is 13.5 Å². The Bertz CT molecular complexity index is 1400. The smallest absolute Gasteiger partial charge is 0.199 e. The summed E-state index contributed by atoms with van der Waals surface area (Å²) < 4.78 is 20.9. The Kier molecular flexibility index (Phi) is 5.03. The van der Waals surface area contributed by atoms with E-state index in [4.69, 9.17) is 4.74 Å². The Morgan fingerprint density at radius 1 is 1.00 bits per heavy atom. The standard InChI is InChI=1S/C26H20FN3O2/c1-17-11-19(24-14-28-9-10-29-24)12-20-16-30(26(31)25(17)20)15-18-5-7-22(8-6-18)32-23-4-2-3-21(27)13-23/h2-14,16,31H,15H2,1H3. The van der Waals surface area contributed by atoms with Crippen LogP contribution < -0.4 is 4.74 Å². The number of aromatic hydroxyl groups is 1. The number of nitrogens with zero attached hydrogens (tertiary/aromatic N) is 3. The van der Waals surface area contributed by atoms with Gasteiger partial charge in [-0.3, -0.25) is 9.97 Å². The zero-order valence-electron chi connectivity index (χ0n) is 17.4. The van der Waals surface area contributed by atoms with Gasteiger partial charge in [-0.05, 0) is 54.4 Å². The highest BCUT2D eigenvalue weighted by Gasteiger charge is 2.13. The van der Waals surface area contributed by atoms with Crippen LogP contribution in [0, 0.1) is 12.7 Å². The fraction of sp³-hybridized carbons (Fsp3) is 0.0769. The van der Waals surface area contributed by atoms with Crippen molar-refractivity contribution >= 4 is 10.8 Å². The van der Waals surface area contributed by atoms with Crippen LogP contribution in [0.25, 0.3) is 22.0 Å². The van der Waals surface area contributed by atoms with Crippen LogP contribution in [0.5, 0.6) is 17.4 Å². The molecule has 0 bridgehead atoms. The molecule has 2 heterocycles. The average Bonchev–Trinajstić information content (AvgIpc) is 3.11. The van der Waals surface area contributed by atoms with Crippen molar-refractivity contribution in [3.05, 3.63) is 102 Å². The molecule has 0 saturated carbocycles. The number of benzene rings is 3. The third kappa shape index (κ3) is 3.90. The monoisotopic (exact) mass is 425 g/mol. The molecule has 0 radical (unpaired) electrons. The summed E-state index contributed by atoms with van der Waals surface area (Å²) in [6.45, 7) is 2.48. The van der Waals surface area contributed by atoms with Crippen LogP contribution >= 0.6 is 0 Å². The van der Waals surface area contributed by atoms with Gasteiger partial charge in [0.05, 0.1) is 18.4 Å². The van der Waals surface area contributed by atoms with E-state index in [1.807, 2.05) is 54.1 Å². The number of aromatic nitrogens is 3. The molecule has 0 aliphatic rings. The van der Waals surface area contributed by atoms with Crippen LogP contribution in [0.15, 0.2) is 85.5 Å². The molecule has 0 atom stereocenters. The van der Waals surface area contributed by atoms with Gasteiger partial charge in [0, 0.05) is 41.0 Å². The summed E-state index contributed by atoms with van der Waals surface area (Å²) in [6, 6.07) is 17.6. The second-order valence-electron chi connectivity index (χ2n) is 7.63. The molecular weight excluding hydrogens is 405 g/mol. The topological polar surface area (TPSA) is 60.2 Å². The molecule has 0 saturated heterocycles. The molecule has 0 unspecified atom stereocenters. The molecule has 0 aliphatic carbocycles. The number of halogens is 1. The molecule has 2 aromatic heterocycles. The first kappa shape index (κ1) is 19.8. The van der Waals surface area contributed by atoms with Crippen LogP contribution in [-0.2, 0) is 6.54 Å². The van der Waals surface area contributed by atoms with Gasteiger partial charge >= 0.3 is 0 Å². The van der Waals surface area contributed by atoms with Gasteiger partial charge in [-0.25, -0.2) is 4.39 Å². The SMILES string of the molecule is Cc1cc(-c2cnccn2)cc2cn(Cc3ccc(Oc4cccc(F)c4)cc3)c(O)c12. The van der Waals surface area contributed by atoms with Crippen molar-refractivity contribution in [1.82, 2.24) is 14.5 Å². The Hall–Kier alpha value is -4.19. The molecule has 1 N–H and O–H groups in total. The highest BCUT2D eigenvalue weighted by molar-refractivity contribution is 5.94. The lowest BCUT2D eigenvalue weighted by atomic mass is 10.0.